The summed E-state index contributed by atoms with van der Waals surface area (Å²) in [6.07, 6.45) is 3.39. The molecule has 7 nitrogen and oxygen atoms in total. The number of aromatic nitrogens is 1. The number of piperidine rings is 1. The maximum absolute atomic E-state index is 13.0. The van der Waals surface area contributed by atoms with E-state index in [9.17, 15) is 9.59 Å². The van der Waals surface area contributed by atoms with Crippen LogP contribution in [0, 0.1) is 0 Å². The first kappa shape index (κ1) is 19.7. The Labute approximate surface area is 174 Å². The van der Waals surface area contributed by atoms with E-state index in [0.717, 1.165) is 42.8 Å². The molecule has 30 heavy (non-hydrogen) atoms. The topological polar surface area (TPSA) is 97.5 Å². The summed E-state index contributed by atoms with van der Waals surface area (Å²) in [6, 6.07) is 14.2. The van der Waals surface area contributed by atoms with Crippen LogP contribution in [0.3, 0.4) is 0 Å². The van der Waals surface area contributed by atoms with Crippen molar-refractivity contribution in [3.05, 3.63) is 59.8 Å². The number of pyridine rings is 1. The van der Waals surface area contributed by atoms with Gasteiger partial charge in [0.15, 0.2) is 0 Å². The number of benzene rings is 2. The average molecular weight is 404 g/mol. The van der Waals surface area contributed by atoms with Crippen LogP contribution in [-0.2, 0) is 0 Å². The second-order valence-corrected chi connectivity index (χ2v) is 7.35. The SMILES string of the molecule is COc1ccc2nc(C(=O)Nc3cc(C(N)=O)ccc3N3CCCCC3)ccc2c1. The zero-order chi connectivity index (χ0) is 21.1. The number of primary amides is 1. The molecule has 7 heteroatoms. The number of anilines is 2. The van der Waals surface area contributed by atoms with E-state index >= 15 is 0 Å². The molecule has 1 aliphatic heterocycles. The number of hydrogen-bond acceptors (Lipinski definition) is 5. The number of ether oxygens (including phenoxy) is 1. The third-order valence-corrected chi connectivity index (χ3v) is 5.36. The van der Waals surface area contributed by atoms with Crippen molar-refractivity contribution in [1.29, 1.82) is 0 Å². The molecule has 1 saturated heterocycles. The van der Waals surface area contributed by atoms with Crippen LogP contribution in [0.1, 0.15) is 40.1 Å². The molecular weight excluding hydrogens is 380 g/mol. The van der Waals surface area contributed by atoms with Crippen LogP contribution in [-0.4, -0.2) is 37.0 Å². The maximum atomic E-state index is 13.0. The Morgan fingerprint density at radius 3 is 2.57 bits per heavy atom. The Bertz CT molecular complexity index is 1110. The molecule has 3 aromatic rings. The van der Waals surface area contributed by atoms with Gasteiger partial charge in [0, 0.05) is 24.0 Å². The molecule has 2 aromatic carbocycles. The Kier molecular flexibility index (Phi) is 5.52. The highest BCUT2D eigenvalue weighted by molar-refractivity contribution is 6.07. The van der Waals surface area contributed by atoms with Crippen molar-refractivity contribution in [2.24, 2.45) is 5.73 Å². The van der Waals surface area contributed by atoms with Gasteiger partial charge in [0.05, 0.1) is 24.0 Å². The van der Waals surface area contributed by atoms with Gasteiger partial charge in [-0.1, -0.05) is 6.07 Å². The minimum Gasteiger partial charge on any atom is -0.497 e. The van der Waals surface area contributed by atoms with E-state index < -0.39 is 5.91 Å². The van der Waals surface area contributed by atoms with Crippen molar-refractivity contribution in [3.8, 4) is 5.75 Å². The summed E-state index contributed by atoms with van der Waals surface area (Å²) in [4.78, 5) is 31.3. The lowest BCUT2D eigenvalue weighted by atomic mass is 10.1. The number of methoxy groups -OCH3 is 1. The summed E-state index contributed by atoms with van der Waals surface area (Å²) in [5, 5.41) is 3.82. The molecule has 0 bridgehead atoms. The molecule has 0 spiro atoms. The number of nitrogens with two attached hydrogens (primary N) is 1. The molecular formula is C23H24N4O3. The molecule has 3 N–H and O–H groups in total. The van der Waals surface area contributed by atoms with E-state index in [2.05, 4.69) is 15.2 Å². The molecule has 2 amide bonds. The van der Waals surface area contributed by atoms with Crippen LogP contribution in [0.25, 0.3) is 10.9 Å². The lowest BCUT2D eigenvalue weighted by molar-refractivity contribution is 0.0995. The molecule has 4 rings (SSSR count). The van der Waals surface area contributed by atoms with Gasteiger partial charge in [0.25, 0.3) is 5.91 Å². The number of amides is 2. The summed E-state index contributed by atoms with van der Waals surface area (Å²) < 4.78 is 5.23. The molecule has 0 atom stereocenters. The van der Waals surface area contributed by atoms with Crippen LogP contribution in [0.4, 0.5) is 11.4 Å². The number of carbonyl (C=O) groups is 2. The smallest absolute Gasteiger partial charge is 0.274 e. The first-order valence-electron chi connectivity index (χ1n) is 10.00. The van der Waals surface area contributed by atoms with Crippen LogP contribution in [0.2, 0.25) is 0 Å². The summed E-state index contributed by atoms with van der Waals surface area (Å²) >= 11 is 0. The Balaban J connectivity index is 1.65. The van der Waals surface area contributed by atoms with Crippen molar-refractivity contribution in [2.75, 3.05) is 30.4 Å². The first-order chi connectivity index (χ1) is 14.5. The van der Waals surface area contributed by atoms with Crippen LogP contribution in [0.5, 0.6) is 5.75 Å². The van der Waals surface area contributed by atoms with Crippen LogP contribution >= 0.6 is 0 Å². The molecule has 0 unspecified atom stereocenters. The number of rotatable bonds is 5. The van der Waals surface area contributed by atoms with Gasteiger partial charge in [-0.3, -0.25) is 9.59 Å². The van der Waals surface area contributed by atoms with Gasteiger partial charge in [0.1, 0.15) is 11.4 Å². The predicted octanol–water partition coefficient (Wildman–Crippen LogP) is 3.58. The van der Waals surface area contributed by atoms with Crippen molar-refractivity contribution < 1.29 is 14.3 Å². The highest BCUT2D eigenvalue weighted by Gasteiger charge is 2.18. The number of carbonyl (C=O) groups excluding carboxylic acids is 2. The Morgan fingerprint density at radius 2 is 1.83 bits per heavy atom. The van der Waals surface area contributed by atoms with Crippen molar-refractivity contribution in [1.82, 2.24) is 4.98 Å². The zero-order valence-electron chi connectivity index (χ0n) is 16.9. The quantitative estimate of drug-likeness (QED) is 0.677. The van der Waals surface area contributed by atoms with Gasteiger partial charge >= 0.3 is 0 Å². The molecule has 2 heterocycles. The van der Waals surface area contributed by atoms with Gasteiger partial charge in [-0.15, -0.1) is 0 Å². The molecule has 1 aromatic heterocycles. The molecule has 0 aliphatic carbocycles. The minimum atomic E-state index is -0.534. The summed E-state index contributed by atoms with van der Waals surface area (Å²) in [7, 11) is 1.61. The summed E-state index contributed by atoms with van der Waals surface area (Å²) in [6.45, 7) is 1.82. The van der Waals surface area contributed by atoms with Crippen LogP contribution in [0.15, 0.2) is 48.5 Å². The van der Waals surface area contributed by atoms with Gasteiger partial charge in [-0.2, -0.15) is 0 Å². The lowest BCUT2D eigenvalue weighted by Gasteiger charge is -2.30. The normalized spacial score (nSPS) is 13.8. The van der Waals surface area contributed by atoms with Crippen molar-refractivity contribution >= 4 is 34.1 Å². The fraction of sp³-hybridized carbons (Fsp3) is 0.261. The molecule has 0 saturated carbocycles. The summed E-state index contributed by atoms with van der Waals surface area (Å²) in [5.74, 6) is -0.142. The van der Waals surface area contributed by atoms with Crippen molar-refractivity contribution in [3.63, 3.8) is 0 Å². The van der Waals surface area contributed by atoms with Crippen LogP contribution < -0.4 is 20.7 Å². The monoisotopic (exact) mass is 404 g/mol. The molecule has 1 aliphatic rings. The van der Waals surface area contributed by atoms with E-state index in [-0.39, 0.29) is 5.91 Å². The highest BCUT2D eigenvalue weighted by Crippen LogP contribution is 2.30. The second-order valence-electron chi connectivity index (χ2n) is 7.35. The third kappa shape index (κ3) is 4.05. The number of nitrogens with one attached hydrogen (secondary N) is 1. The number of nitrogens with zero attached hydrogens (tertiary/aromatic N) is 2. The average Bonchev–Trinajstić information content (AvgIpc) is 2.78. The first-order valence-corrected chi connectivity index (χ1v) is 10.00. The fourth-order valence-corrected chi connectivity index (χ4v) is 3.74. The largest absolute Gasteiger partial charge is 0.497 e. The van der Waals surface area contributed by atoms with E-state index in [1.807, 2.05) is 30.3 Å². The van der Waals surface area contributed by atoms with E-state index in [4.69, 9.17) is 10.5 Å². The Morgan fingerprint density at radius 1 is 1.03 bits per heavy atom. The van der Waals surface area contributed by atoms with Gasteiger partial charge < -0.3 is 20.7 Å². The Hall–Kier alpha value is -3.61. The van der Waals surface area contributed by atoms with Crippen molar-refractivity contribution in [2.45, 2.75) is 19.3 Å². The lowest BCUT2D eigenvalue weighted by Crippen LogP contribution is -2.30. The molecule has 0 radical (unpaired) electrons. The minimum absolute atomic E-state index is 0.293. The molecule has 1 fully saturated rings. The van der Waals surface area contributed by atoms with E-state index in [1.165, 1.54) is 6.42 Å². The third-order valence-electron chi connectivity index (χ3n) is 5.36. The van der Waals surface area contributed by atoms with Gasteiger partial charge in [-0.05, 0) is 61.7 Å². The standard InChI is InChI=1S/C23H24N4O3/c1-30-17-7-9-18-15(13-17)5-8-19(25-18)23(29)26-20-14-16(22(24)28)6-10-21(20)27-11-3-2-4-12-27/h5-10,13-14H,2-4,11-12H2,1H3,(H2,24,28)(H,26,29). The summed E-state index contributed by atoms with van der Waals surface area (Å²) in [5.41, 5.74) is 8.25. The predicted molar refractivity (Wildman–Crippen MR) is 117 cm³/mol. The zero-order valence-corrected chi connectivity index (χ0v) is 16.9. The maximum Gasteiger partial charge on any atom is 0.274 e. The number of hydrogen-bond donors (Lipinski definition) is 2. The highest BCUT2D eigenvalue weighted by atomic mass is 16.5. The van der Waals surface area contributed by atoms with Gasteiger partial charge in [-0.25, -0.2) is 4.98 Å². The van der Waals surface area contributed by atoms with E-state index in [1.54, 1.807) is 25.3 Å². The van der Waals surface area contributed by atoms with Gasteiger partial charge in [0.2, 0.25) is 5.91 Å². The second kappa shape index (κ2) is 8.41. The van der Waals surface area contributed by atoms with E-state index in [0.29, 0.717) is 22.5 Å². The fourth-order valence-electron chi connectivity index (χ4n) is 3.74. The number of fused-ring (bicyclic) bond motifs is 1. The molecule has 154 valence electrons.